The molecule has 0 radical (unpaired) electrons. The van der Waals surface area contributed by atoms with Gasteiger partial charge in [0.05, 0.1) is 31.7 Å². The summed E-state index contributed by atoms with van der Waals surface area (Å²) >= 11 is 0. The molecular formula is C15H23N3O5S. The van der Waals surface area contributed by atoms with E-state index in [1.165, 1.54) is 0 Å². The molecule has 1 aliphatic rings. The maximum Gasteiger partial charge on any atom is 0.221 e. The monoisotopic (exact) mass is 357 g/mol. The van der Waals surface area contributed by atoms with Crippen LogP contribution in [0.5, 0.6) is 5.75 Å². The Kier molecular flexibility index (Phi) is 6.52. The van der Waals surface area contributed by atoms with Crippen molar-refractivity contribution in [3.63, 3.8) is 0 Å². The molecule has 2 heterocycles. The molecule has 1 aromatic heterocycles. The second kappa shape index (κ2) is 8.41. The SMILES string of the molecule is Cc1ccc(O[C@@H]2CCOC[C@@H]2NC(=O)CCNS(C)(=O)=O)cn1. The number of aryl methyl sites for hydroxylation is 1. The predicted molar refractivity (Wildman–Crippen MR) is 88.2 cm³/mol. The van der Waals surface area contributed by atoms with E-state index >= 15 is 0 Å². The van der Waals surface area contributed by atoms with Crippen molar-refractivity contribution in [3.05, 3.63) is 24.0 Å². The molecule has 0 saturated carbocycles. The average Bonchev–Trinajstić information content (AvgIpc) is 2.50. The van der Waals surface area contributed by atoms with Gasteiger partial charge in [-0.1, -0.05) is 0 Å². The Balaban J connectivity index is 1.86. The summed E-state index contributed by atoms with van der Waals surface area (Å²) in [6.07, 6.45) is 3.21. The minimum absolute atomic E-state index is 0.0579. The number of rotatable bonds is 7. The summed E-state index contributed by atoms with van der Waals surface area (Å²) in [5.74, 6) is 0.391. The number of carbonyl (C=O) groups excluding carboxylic acids is 1. The minimum Gasteiger partial charge on any atom is -0.486 e. The van der Waals surface area contributed by atoms with E-state index in [0.717, 1.165) is 11.9 Å². The molecule has 0 aliphatic carbocycles. The van der Waals surface area contributed by atoms with Gasteiger partial charge in [0.15, 0.2) is 0 Å². The number of amides is 1. The molecule has 9 heteroatoms. The van der Waals surface area contributed by atoms with Crippen LogP contribution < -0.4 is 14.8 Å². The van der Waals surface area contributed by atoms with Crippen LogP contribution in [0.15, 0.2) is 18.3 Å². The number of nitrogens with one attached hydrogen (secondary N) is 2. The molecule has 2 rings (SSSR count). The lowest BCUT2D eigenvalue weighted by Gasteiger charge is -2.32. The van der Waals surface area contributed by atoms with Crippen molar-refractivity contribution in [1.82, 2.24) is 15.0 Å². The van der Waals surface area contributed by atoms with Crippen molar-refractivity contribution in [2.45, 2.75) is 31.9 Å². The van der Waals surface area contributed by atoms with E-state index in [0.29, 0.717) is 25.4 Å². The number of hydrogen-bond acceptors (Lipinski definition) is 6. The van der Waals surface area contributed by atoms with Gasteiger partial charge in [0.1, 0.15) is 11.9 Å². The highest BCUT2D eigenvalue weighted by Gasteiger charge is 2.29. The van der Waals surface area contributed by atoms with Gasteiger partial charge in [-0.05, 0) is 19.1 Å². The third-order valence-corrected chi connectivity index (χ3v) is 4.26. The molecule has 1 aliphatic heterocycles. The molecule has 1 fully saturated rings. The van der Waals surface area contributed by atoms with Gasteiger partial charge in [0.25, 0.3) is 0 Å². The maximum absolute atomic E-state index is 12.0. The van der Waals surface area contributed by atoms with Crippen molar-refractivity contribution in [3.8, 4) is 5.75 Å². The molecule has 1 saturated heterocycles. The number of aromatic nitrogens is 1. The van der Waals surface area contributed by atoms with Gasteiger partial charge in [0.2, 0.25) is 15.9 Å². The first kappa shape index (κ1) is 18.6. The Bertz CT molecular complexity index is 648. The fourth-order valence-electron chi connectivity index (χ4n) is 2.32. The topological polar surface area (TPSA) is 107 Å². The van der Waals surface area contributed by atoms with Crippen molar-refractivity contribution < 1.29 is 22.7 Å². The van der Waals surface area contributed by atoms with Crippen molar-refractivity contribution in [2.24, 2.45) is 0 Å². The van der Waals surface area contributed by atoms with Gasteiger partial charge in [-0.2, -0.15) is 0 Å². The molecule has 1 amide bonds. The third-order valence-electron chi connectivity index (χ3n) is 3.53. The summed E-state index contributed by atoms with van der Waals surface area (Å²) in [5, 5.41) is 2.84. The standard InChI is InChI=1S/C15H23N3O5S/c1-11-3-4-12(9-16-11)23-14-6-8-22-10-13(14)18-15(19)5-7-17-24(2,20)21/h3-4,9,13-14,17H,5-8,10H2,1-2H3,(H,18,19)/t13-,14+/m0/s1. The van der Waals surface area contributed by atoms with E-state index in [1.54, 1.807) is 6.20 Å². The number of hydrogen-bond donors (Lipinski definition) is 2. The molecule has 8 nitrogen and oxygen atoms in total. The van der Waals surface area contributed by atoms with E-state index in [-0.39, 0.29) is 31.0 Å². The van der Waals surface area contributed by atoms with Crippen LogP contribution in [0.3, 0.4) is 0 Å². The lowest BCUT2D eigenvalue weighted by molar-refractivity contribution is -0.124. The van der Waals surface area contributed by atoms with Crippen LogP contribution in [0.1, 0.15) is 18.5 Å². The Morgan fingerprint density at radius 2 is 2.25 bits per heavy atom. The molecule has 0 bridgehead atoms. The molecule has 24 heavy (non-hydrogen) atoms. The van der Waals surface area contributed by atoms with Crippen molar-refractivity contribution in [1.29, 1.82) is 0 Å². The second-order valence-corrected chi connectivity index (χ2v) is 7.58. The highest BCUT2D eigenvalue weighted by atomic mass is 32.2. The Labute approximate surface area is 142 Å². The molecular weight excluding hydrogens is 334 g/mol. The van der Waals surface area contributed by atoms with Crippen LogP contribution >= 0.6 is 0 Å². The lowest BCUT2D eigenvalue weighted by atomic mass is 10.1. The lowest BCUT2D eigenvalue weighted by Crippen LogP contribution is -2.52. The maximum atomic E-state index is 12.0. The smallest absolute Gasteiger partial charge is 0.221 e. The summed E-state index contributed by atoms with van der Waals surface area (Å²) in [4.78, 5) is 16.2. The fourth-order valence-corrected chi connectivity index (χ4v) is 2.79. The van der Waals surface area contributed by atoms with Gasteiger partial charge >= 0.3 is 0 Å². The molecule has 2 N–H and O–H groups in total. The van der Waals surface area contributed by atoms with Gasteiger partial charge < -0.3 is 14.8 Å². The highest BCUT2D eigenvalue weighted by Crippen LogP contribution is 2.17. The van der Waals surface area contributed by atoms with Crippen LogP contribution in [-0.2, 0) is 19.6 Å². The largest absolute Gasteiger partial charge is 0.486 e. The van der Waals surface area contributed by atoms with Gasteiger partial charge in [-0.25, -0.2) is 13.1 Å². The Morgan fingerprint density at radius 3 is 2.92 bits per heavy atom. The Hall–Kier alpha value is -1.71. The van der Waals surface area contributed by atoms with Crippen LogP contribution in [0.25, 0.3) is 0 Å². The normalized spacial score (nSPS) is 21.2. The van der Waals surface area contributed by atoms with Crippen LogP contribution in [-0.4, -0.2) is 57.5 Å². The predicted octanol–water partition coefficient (Wildman–Crippen LogP) is -0.0182. The van der Waals surface area contributed by atoms with Crippen molar-refractivity contribution in [2.75, 3.05) is 26.0 Å². The van der Waals surface area contributed by atoms with Crippen LogP contribution in [0.2, 0.25) is 0 Å². The minimum atomic E-state index is -3.29. The third kappa shape index (κ3) is 6.42. The zero-order valence-electron chi connectivity index (χ0n) is 13.8. The molecule has 0 spiro atoms. The second-order valence-electron chi connectivity index (χ2n) is 5.75. The summed E-state index contributed by atoms with van der Waals surface area (Å²) < 4.78 is 35.6. The van der Waals surface area contributed by atoms with Crippen LogP contribution in [0, 0.1) is 6.92 Å². The summed E-state index contributed by atoms with van der Waals surface area (Å²) in [7, 11) is -3.29. The van der Waals surface area contributed by atoms with Gasteiger partial charge in [-0.15, -0.1) is 0 Å². The summed E-state index contributed by atoms with van der Waals surface area (Å²) in [6, 6.07) is 3.41. The number of sulfonamides is 1. The number of pyridine rings is 1. The van der Waals surface area contributed by atoms with Crippen molar-refractivity contribution >= 4 is 15.9 Å². The average molecular weight is 357 g/mol. The first-order chi connectivity index (χ1) is 11.3. The zero-order chi connectivity index (χ0) is 17.6. The molecule has 0 aromatic carbocycles. The van der Waals surface area contributed by atoms with E-state index in [4.69, 9.17) is 9.47 Å². The van der Waals surface area contributed by atoms with Crippen LogP contribution in [0.4, 0.5) is 0 Å². The van der Waals surface area contributed by atoms with E-state index in [9.17, 15) is 13.2 Å². The quantitative estimate of drug-likeness (QED) is 0.710. The van der Waals surface area contributed by atoms with Gasteiger partial charge in [0, 0.05) is 25.1 Å². The first-order valence-corrected chi connectivity index (χ1v) is 9.64. The molecule has 134 valence electrons. The fraction of sp³-hybridized carbons (Fsp3) is 0.600. The number of ether oxygens (including phenoxy) is 2. The zero-order valence-corrected chi connectivity index (χ0v) is 14.6. The number of carbonyl (C=O) groups is 1. The summed E-state index contributed by atoms with van der Waals surface area (Å²) in [6.45, 7) is 2.87. The number of nitrogens with zero attached hydrogens (tertiary/aromatic N) is 1. The molecule has 0 unspecified atom stereocenters. The van der Waals surface area contributed by atoms with E-state index in [1.807, 2.05) is 19.1 Å². The summed E-state index contributed by atoms with van der Waals surface area (Å²) in [5.41, 5.74) is 0.901. The van der Waals surface area contributed by atoms with Gasteiger partial charge in [-0.3, -0.25) is 9.78 Å². The van der Waals surface area contributed by atoms with E-state index in [2.05, 4.69) is 15.0 Å². The molecule has 1 aromatic rings. The van der Waals surface area contributed by atoms with E-state index < -0.39 is 10.0 Å². The highest BCUT2D eigenvalue weighted by molar-refractivity contribution is 7.88. The first-order valence-electron chi connectivity index (χ1n) is 7.74. The molecule has 2 atom stereocenters. The Morgan fingerprint density at radius 1 is 1.46 bits per heavy atom.